The molecule has 1 aromatic rings. The van der Waals surface area contributed by atoms with Gasteiger partial charge < -0.3 is 10.1 Å². The molecule has 8 nitrogen and oxygen atoms in total. The number of nitro groups is 1. The van der Waals surface area contributed by atoms with Gasteiger partial charge in [-0.1, -0.05) is 12.1 Å². The maximum atomic E-state index is 12.4. The number of nitrogens with one attached hydrogen (secondary N) is 1. The summed E-state index contributed by atoms with van der Waals surface area (Å²) in [7, 11) is 0. The van der Waals surface area contributed by atoms with Gasteiger partial charge in [-0.15, -0.1) is 0 Å². The van der Waals surface area contributed by atoms with E-state index in [0.29, 0.717) is 17.9 Å². The van der Waals surface area contributed by atoms with Crippen LogP contribution in [0.15, 0.2) is 18.2 Å². The number of nitrogens with zero attached hydrogens (tertiary/aromatic N) is 2. The second-order valence-corrected chi connectivity index (χ2v) is 6.74. The van der Waals surface area contributed by atoms with E-state index >= 15 is 0 Å². The topological polar surface area (TPSA) is 102 Å². The number of thioether (sulfide) groups is 1. The van der Waals surface area contributed by atoms with Crippen molar-refractivity contribution in [1.82, 2.24) is 4.90 Å². The number of hydrogen-bond donors (Lipinski definition) is 1. The van der Waals surface area contributed by atoms with Gasteiger partial charge in [0.2, 0.25) is 5.91 Å². The Kier molecular flexibility index (Phi) is 6.77. The van der Waals surface area contributed by atoms with Crippen LogP contribution in [0.3, 0.4) is 0 Å². The molecule has 1 amide bonds. The van der Waals surface area contributed by atoms with E-state index in [-0.39, 0.29) is 30.5 Å². The molecular weight excluding hydrogens is 346 g/mol. The fraction of sp³-hybridized carbons (Fsp3) is 0.500. The van der Waals surface area contributed by atoms with Crippen LogP contribution in [-0.4, -0.2) is 58.9 Å². The van der Waals surface area contributed by atoms with E-state index in [1.807, 2.05) is 0 Å². The Balaban J connectivity index is 2.09. The van der Waals surface area contributed by atoms with Crippen molar-refractivity contribution in [3.63, 3.8) is 0 Å². The highest BCUT2D eigenvalue weighted by atomic mass is 32.2. The molecule has 0 saturated carbocycles. The molecule has 1 aliphatic heterocycles. The zero-order chi connectivity index (χ0) is 18.4. The number of amides is 1. The zero-order valence-electron chi connectivity index (χ0n) is 14.2. The number of anilines is 1. The van der Waals surface area contributed by atoms with Crippen LogP contribution in [0, 0.1) is 17.0 Å². The largest absolute Gasteiger partial charge is 0.465 e. The molecule has 1 fully saturated rings. The first-order valence-corrected chi connectivity index (χ1v) is 9.11. The van der Waals surface area contributed by atoms with Crippen molar-refractivity contribution in [2.45, 2.75) is 19.9 Å². The molecule has 0 spiro atoms. The molecule has 25 heavy (non-hydrogen) atoms. The molecule has 1 atom stereocenters. The number of esters is 1. The van der Waals surface area contributed by atoms with Crippen LogP contribution in [0.25, 0.3) is 0 Å². The number of nitro benzene ring substituents is 1. The molecule has 1 aromatic carbocycles. The lowest BCUT2D eigenvalue weighted by atomic mass is 10.1. The summed E-state index contributed by atoms with van der Waals surface area (Å²) in [5, 5.41) is 13.8. The molecule has 1 heterocycles. The third-order valence-electron chi connectivity index (χ3n) is 3.86. The Labute approximate surface area is 150 Å². The smallest absolute Gasteiger partial charge is 0.324 e. The summed E-state index contributed by atoms with van der Waals surface area (Å²) in [6, 6.07) is 4.14. The number of aryl methyl sites for hydroxylation is 1. The molecule has 1 N–H and O–H groups in total. The Hall–Kier alpha value is -2.13. The molecule has 0 bridgehead atoms. The van der Waals surface area contributed by atoms with Gasteiger partial charge in [-0.05, 0) is 19.4 Å². The molecule has 0 radical (unpaired) electrons. The number of benzene rings is 1. The van der Waals surface area contributed by atoms with Gasteiger partial charge in [0.15, 0.2) is 0 Å². The number of ether oxygens (including phenoxy) is 1. The standard InChI is InChI=1S/C16H21N3O5S/c1-3-24-16(21)13-10-25-8-7-18(13)9-14(20)17-15-11(2)5-4-6-12(15)19(22)23/h4-6,13H,3,7-10H2,1-2H3,(H,17,20). The van der Waals surface area contributed by atoms with E-state index in [1.54, 1.807) is 42.6 Å². The first-order chi connectivity index (χ1) is 11.9. The highest BCUT2D eigenvalue weighted by molar-refractivity contribution is 7.99. The predicted octanol–water partition coefficient (Wildman–Crippen LogP) is 1.82. The minimum absolute atomic E-state index is 0.0183. The van der Waals surface area contributed by atoms with Crippen molar-refractivity contribution in [3.05, 3.63) is 33.9 Å². The number of rotatable bonds is 6. The van der Waals surface area contributed by atoms with Crippen molar-refractivity contribution >= 4 is 35.0 Å². The Morgan fingerprint density at radius 3 is 2.92 bits per heavy atom. The number of hydrogen-bond acceptors (Lipinski definition) is 7. The van der Waals surface area contributed by atoms with E-state index in [4.69, 9.17) is 4.74 Å². The lowest BCUT2D eigenvalue weighted by Gasteiger charge is -2.32. The Morgan fingerprint density at radius 2 is 2.24 bits per heavy atom. The van der Waals surface area contributed by atoms with Crippen LogP contribution in [0.5, 0.6) is 0 Å². The van der Waals surface area contributed by atoms with Crippen molar-refractivity contribution in [2.24, 2.45) is 0 Å². The summed E-state index contributed by atoms with van der Waals surface area (Å²) < 4.78 is 5.07. The van der Waals surface area contributed by atoms with Crippen molar-refractivity contribution < 1.29 is 19.2 Å². The first-order valence-electron chi connectivity index (χ1n) is 7.96. The van der Waals surface area contributed by atoms with Gasteiger partial charge in [-0.25, -0.2) is 0 Å². The van der Waals surface area contributed by atoms with Gasteiger partial charge in [0, 0.05) is 24.1 Å². The first kappa shape index (κ1) is 19.2. The van der Waals surface area contributed by atoms with Crippen LogP contribution in [-0.2, 0) is 14.3 Å². The fourth-order valence-corrected chi connectivity index (χ4v) is 3.71. The van der Waals surface area contributed by atoms with Crippen molar-refractivity contribution in [1.29, 1.82) is 0 Å². The average Bonchev–Trinajstić information content (AvgIpc) is 2.57. The van der Waals surface area contributed by atoms with Crippen LogP contribution < -0.4 is 5.32 Å². The molecule has 1 saturated heterocycles. The van der Waals surface area contributed by atoms with Gasteiger partial charge in [-0.3, -0.25) is 24.6 Å². The third kappa shape index (κ3) is 4.93. The SMILES string of the molecule is CCOC(=O)C1CSCCN1CC(=O)Nc1c(C)cccc1[N+](=O)[O-]. The van der Waals surface area contributed by atoms with E-state index in [2.05, 4.69) is 5.32 Å². The number of carbonyl (C=O) groups excluding carboxylic acids is 2. The Morgan fingerprint density at radius 1 is 1.48 bits per heavy atom. The van der Waals surface area contributed by atoms with Crippen LogP contribution in [0.1, 0.15) is 12.5 Å². The fourth-order valence-electron chi connectivity index (χ4n) is 2.61. The zero-order valence-corrected chi connectivity index (χ0v) is 15.0. The number of para-hydroxylation sites is 1. The molecule has 9 heteroatoms. The number of carbonyl (C=O) groups is 2. The normalized spacial score (nSPS) is 17.8. The Bertz CT molecular complexity index is 667. The summed E-state index contributed by atoms with van der Waals surface area (Å²) in [5.74, 6) is 0.646. The molecule has 0 aromatic heterocycles. The molecule has 136 valence electrons. The van der Waals surface area contributed by atoms with Gasteiger partial charge in [0.25, 0.3) is 5.69 Å². The van der Waals surface area contributed by atoms with Gasteiger partial charge in [-0.2, -0.15) is 11.8 Å². The molecular formula is C16H21N3O5S. The van der Waals surface area contributed by atoms with Gasteiger partial charge in [0.05, 0.1) is 18.1 Å². The highest BCUT2D eigenvalue weighted by Gasteiger charge is 2.31. The van der Waals surface area contributed by atoms with Gasteiger partial charge >= 0.3 is 5.97 Å². The summed E-state index contributed by atoms with van der Waals surface area (Å²) in [6.45, 7) is 4.28. The van der Waals surface area contributed by atoms with Crippen LogP contribution in [0.4, 0.5) is 11.4 Å². The summed E-state index contributed by atoms with van der Waals surface area (Å²) in [4.78, 5) is 36.8. The molecule has 0 aliphatic carbocycles. The highest BCUT2D eigenvalue weighted by Crippen LogP contribution is 2.27. The predicted molar refractivity (Wildman–Crippen MR) is 95.8 cm³/mol. The van der Waals surface area contributed by atoms with Crippen molar-refractivity contribution in [3.8, 4) is 0 Å². The van der Waals surface area contributed by atoms with Crippen LogP contribution in [0.2, 0.25) is 0 Å². The monoisotopic (exact) mass is 367 g/mol. The van der Waals surface area contributed by atoms with E-state index in [9.17, 15) is 19.7 Å². The lowest BCUT2D eigenvalue weighted by Crippen LogP contribution is -2.50. The minimum Gasteiger partial charge on any atom is -0.465 e. The summed E-state index contributed by atoms with van der Waals surface area (Å²) >= 11 is 1.64. The molecule has 2 rings (SSSR count). The summed E-state index contributed by atoms with van der Waals surface area (Å²) in [6.07, 6.45) is 0. The third-order valence-corrected chi connectivity index (χ3v) is 4.88. The maximum Gasteiger partial charge on any atom is 0.324 e. The van der Waals surface area contributed by atoms with E-state index < -0.39 is 16.9 Å². The van der Waals surface area contributed by atoms with Crippen LogP contribution >= 0.6 is 11.8 Å². The second kappa shape index (κ2) is 8.82. The second-order valence-electron chi connectivity index (χ2n) is 5.59. The average molecular weight is 367 g/mol. The molecule has 1 aliphatic rings. The van der Waals surface area contributed by atoms with Crippen molar-refractivity contribution in [2.75, 3.05) is 36.5 Å². The molecule has 1 unspecified atom stereocenters. The lowest BCUT2D eigenvalue weighted by molar-refractivity contribution is -0.384. The maximum absolute atomic E-state index is 12.4. The van der Waals surface area contributed by atoms with Gasteiger partial charge in [0.1, 0.15) is 11.7 Å². The quantitative estimate of drug-likeness (QED) is 0.465. The minimum atomic E-state index is -0.526. The van der Waals surface area contributed by atoms with E-state index in [1.165, 1.54) is 6.07 Å². The summed E-state index contributed by atoms with van der Waals surface area (Å²) in [5.41, 5.74) is 0.653. The van der Waals surface area contributed by atoms with E-state index in [0.717, 1.165) is 5.75 Å².